The largest absolute Gasteiger partial charge is 0.183 e. The topological polar surface area (TPSA) is 115 Å². The fraction of sp³-hybridized carbons (Fsp3) is 0. The van der Waals surface area contributed by atoms with Crippen molar-refractivity contribution in [2.24, 2.45) is 31.4 Å². The van der Waals surface area contributed by atoms with Crippen LogP contribution in [0.3, 0.4) is 0 Å². The molecule has 0 amide bonds. The standard InChI is InChI=1S/HN7O/c1-2-3-4-5-6-7-8/h1H/b2-1?,4-3-,6-5-. The van der Waals surface area contributed by atoms with Crippen LogP contribution in [0.1, 0.15) is 0 Å². The molecule has 0 aromatic carbocycles. The highest BCUT2D eigenvalue weighted by molar-refractivity contribution is 4.09. The van der Waals surface area contributed by atoms with Crippen LogP contribution in [0.15, 0.2) is 31.4 Å². The molecule has 0 spiro atoms. The number of nitrogens with zero attached hydrogens (tertiary/aromatic N) is 6. The van der Waals surface area contributed by atoms with Crippen LogP contribution in [0.25, 0.3) is 0 Å². The van der Waals surface area contributed by atoms with Gasteiger partial charge < -0.3 is 0 Å². The molecular formula is HN7O. The predicted molar refractivity (Wildman–Crippen MR) is 20.7 cm³/mol. The number of hydrogen-bond acceptors (Lipinski definition) is 2. The molecule has 0 saturated heterocycles. The molecule has 42 valence electrons. The van der Waals surface area contributed by atoms with Crippen molar-refractivity contribution in [3.8, 4) is 0 Å². The average Bonchev–Trinajstić information content (AvgIpc) is 1.81. The third-order valence-electron chi connectivity index (χ3n) is 0.201. The Hall–Kier alpha value is -1.60. The van der Waals surface area contributed by atoms with Gasteiger partial charge in [-0.1, -0.05) is 0 Å². The Bertz CT molecular complexity index is 104. The van der Waals surface area contributed by atoms with Gasteiger partial charge in [0.25, 0.3) is 0 Å². The van der Waals surface area contributed by atoms with E-state index >= 15 is 0 Å². The Labute approximate surface area is 43.1 Å². The molecular weight excluding hydrogens is 114 g/mol. The smallest absolute Gasteiger partial charge is 0.102 e. The van der Waals surface area contributed by atoms with Gasteiger partial charge in [0, 0.05) is 10.4 Å². The van der Waals surface area contributed by atoms with E-state index in [-0.39, 0.29) is 0 Å². The van der Waals surface area contributed by atoms with E-state index in [1.165, 1.54) is 0 Å². The fourth-order valence-corrected chi connectivity index (χ4v) is 0.0721. The van der Waals surface area contributed by atoms with Crippen LogP contribution in [0.5, 0.6) is 0 Å². The summed E-state index contributed by atoms with van der Waals surface area (Å²) in [6, 6.07) is 0. The molecule has 0 atom stereocenters. The SMILES string of the molecule is N=N/N=N\N=N/N=O. The lowest BCUT2D eigenvalue weighted by molar-refractivity contribution is 0.805. The van der Waals surface area contributed by atoms with Gasteiger partial charge >= 0.3 is 0 Å². The lowest BCUT2D eigenvalue weighted by Crippen LogP contribution is -1.42. The van der Waals surface area contributed by atoms with Crippen LogP contribution in [0.2, 0.25) is 0 Å². The van der Waals surface area contributed by atoms with Gasteiger partial charge in [-0.2, -0.15) is 5.53 Å². The normalized spacial score (nSPS) is 10.5. The van der Waals surface area contributed by atoms with Gasteiger partial charge in [-0.05, 0) is 15.7 Å². The van der Waals surface area contributed by atoms with Crippen molar-refractivity contribution in [1.29, 1.82) is 5.53 Å². The highest BCUT2D eigenvalue weighted by atomic mass is 16.3. The summed E-state index contributed by atoms with van der Waals surface area (Å²) in [5, 5.41) is 14.9. The minimum atomic E-state index is 1.96. The maximum atomic E-state index is 9.08. The molecule has 0 aliphatic rings. The second-order valence-electron chi connectivity index (χ2n) is 0.539. The molecule has 0 radical (unpaired) electrons. The van der Waals surface area contributed by atoms with Gasteiger partial charge in [-0.15, -0.1) is 4.91 Å². The number of nitrogens with one attached hydrogen (secondary N) is 1. The number of hydrogen-bond donors (Lipinski definition) is 1. The Balaban J connectivity index is 3.41. The molecule has 0 heterocycles. The van der Waals surface area contributed by atoms with Gasteiger partial charge in [0.2, 0.25) is 0 Å². The molecule has 0 fully saturated rings. The van der Waals surface area contributed by atoms with Crippen molar-refractivity contribution >= 4 is 0 Å². The van der Waals surface area contributed by atoms with Crippen LogP contribution < -0.4 is 0 Å². The van der Waals surface area contributed by atoms with Crippen molar-refractivity contribution < 1.29 is 0 Å². The first-order valence-corrected chi connectivity index (χ1v) is 1.41. The summed E-state index contributed by atoms with van der Waals surface area (Å²) < 4.78 is 0. The zero-order chi connectivity index (χ0) is 6.24. The second-order valence-corrected chi connectivity index (χ2v) is 0.539. The predicted octanol–water partition coefficient (Wildman–Crippen LogP) is 1.43. The van der Waals surface area contributed by atoms with E-state index in [0.29, 0.717) is 0 Å². The highest BCUT2D eigenvalue weighted by Gasteiger charge is 1.61. The van der Waals surface area contributed by atoms with Gasteiger partial charge in [0.05, 0.1) is 0 Å². The molecule has 8 nitrogen and oxygen atoms in total. The number of nitroso groups, excluding NO2 is 1. The van der Waals surface area contributed by atoms with Crippen LogP contribution in [0, 0.1) is 10.4 Å². The van der Waals surface area contributed by atoms with Crippen molar-refractivity contribution in [2.75, 3.05) is 0 Å². The zero-order valence-electron chi connectivity index (χ0n) is 3.59. The third kappa shape index (κ3) is 4.40. The molecule has 0 aliphatic heterocycles. The first kappa shape index (κ1) is 6.40. The van der Waals surface area contributed by atoms with E-state index in [4.69, 9.17) is 10.4 Å². The summed E-state index contributed by atoms with van der Waals surface area (Å²) in [5.41, 5.74) is 5.99. The van der Waals surface area contributed by atoms with Gasteiger partial charge in [0.1, 0.15) is 5.29 Å². The van der Waals surface area contributed by atoms with E-state index in [2.05, 4.69) is 26.1 Å². The van der Waals surface area contributed by atoms with Crippen molar-refractivity contribution in [3.63, 3.8) is 0 Å². The molecule has 0 unspecified atom stereocenters. The molecule has 8 heteroatoms. The van der Waals surface area contributed by atoms with Crippen LogP contribution in [-0.4, -0.2) is 0 Å². The minimum Gasteiger partial charge on any atom is -0.183 e. The summed E-state index contributed by atoms with van der Waals surface area (Å²) in [6.07, 6.45) is 0. The molecule has 0 aliphatic carbocycles. The quantitative estimate of drug-likeness (QED) is 0.334. The molecule has 8 heavy (non-hydrogen) atoms. The summed E-state index contributed by atoms with van der Waals surface area (Å²) in [5.74, 6) is 0. The van der Waals surface area contributed by atoms with Crippen molar-refractivity contribution in [2.45, 2.75) is 0 Å². The molecule has 0 bridgehead atoms. The maximum absolute atomic E-state index is 9.08. The minimum absolute atomic E-state index is 1.96. The van der Waals surface area contributed by atoms with Crippen LogP contribution in [-0.2, 0) is 0 Å². The summed E-state index contributed by atoms with van der Waals surface area (Å²) in [4.78, 5) is 9.08. The Morgan fingerprint density at radius 1 is 1.00 bits per heavy atom. The zero-order valence-corrected chi connectivity index (χ0v) is 3.59. The van der Waals surface area contributed by atoms with Crippen molar-refractivity contribution in [3.05, 3.63) is 4.91 Å². The molecule has 0 rings (SSSR count). The van der Waals surface area contributed by atoms with Crippen molar-refractivity contribution in [1.82, 2.24) is 0 Å². The van der Waals surface area contributed by atoms with E-state index < -0.39 is 0 Å². The van der Waals surface area contributed by atoms with E-state index in [9.17, 15) is 0 Å². The van der Waals surface area contributed by atoms with Gasteiger partial charge in [-0.3, -0.25) is 0 Å². The average molecular weight is 115 g/mol. The summed E-state index contributed by atoms with van der Waals surface area (Å²) in [7, 11) is 0. The Morgan fingerprint density at radius 3 is 2.12 bits per heavy atom. The van der Waals surface area contributed by atoms with E-state index in [0.717, 1.165) is 0 Å². The molecule has 0 saturated carbocycles. The van der Waals surface area contributed by atoms with E-state index in [1.807, 2.05) is 5.29 Å². The second kappa shape index (κ2) is 5.40. The Morgan fingerprint density at radius 2 is 1.62 bits per heavy atom. The molecule has 1 N–H and O–H groups in total. The van der Waals surface area contributed by atoms with Crippen LogP contribution in [0.4, 0.5) is 0 Å². The maximum Gasteiger partial charge on any atom is 0.102 e. The van der Waals surface area contributed by atoms with Crippen LogP contribution >= 0.6 is 0 Å². The first-order chi connectivity index (χ1) is 3.91. The molecule has 0 aromatic rings. The summed E-state index contributed by atoms with van der Waals surface area (Å²) in [6.45, 7) is 0. The third-order valence-corrected chi connectivity index (χ3v) is 0.201. The first-order valence-electron chi connectivity index (χ1n) is 1.41. The lowest BCUT2D eigenvalue weighted by Gasteiger charge is -1.60. The highest BCUT2D eigenvalue weighted by Crippen LogP contribution is 1.79. The fourth-order valence-electron chi connectivity index (χ4n) is 0.0721. The monoisotopic (exact) mass is 115 g/mol. The van der Waals surface area contributed by atoms with Gasteiger partial charge in [0.15, 0.2) is 0 Å². The Kier molecular flexibility index (Phi) is 4.32. The van der Waals surface area contributed by atoms with E-state index in [1.54, 1.807) is 0 Å². The van der Waals surface area contributed by atoms with Gasteiger partial charge in [-0.25, -0.2) is 0 Å². The lowest BCUT2D eigenvalue weighted by atomic mass is 12.4. The number of rotatable bonds is 3. The molecule has 0 aromatic heterocycles. The summed E-state index contributed by atoms with van der Waals surface area (Å²) >= 11 is 0.